The van der Waals surface area contributed by atoms with Crippen LogP contribution in [0.5, 0.6) is 0 Å². The number of H-pyrrole nitrogens is 1. The van der Waals surface area contributed by atoms with E-state index in [4.69, 9.17) is 0 Å². The first-order valence-corrected chi connectivity index (χ1v) is 5.14. The molecule has 0 saturated carbocycles. The lowest BCUT2D eigenvalue weighted by molar-refractivity contribution is 0.587. The highest BCUT2D eigenvalue weighted by atomic mass is 14.7. The molecule has 0 spiro atoms. The summed E-state index contributed by atoms with van der Waals surface area (Å²) in [6, 6.07) is 0. The fourth-order valence-corrected chi connectivity index (χ4v) is 1.62. The standard InChI is InChI=1S/C14H19N/c1-6-8-11-12(14(3,4)5)10-15-13(11)9-7-2/h6-10,15H,1-2H2,3-5H3/b11-8-,13-9+. The number of allylic oxidation sites excluding steroid dienone is 2. The molecule has 0 aromatic carbocycles. The molecular formula is C14H19N. The Balaban J connectivity index is 3.59. The summed E-state index contributed by atoms with van der Waals surface area (Å²) in [6.45, 7) is 14.1. The van der Waals surface area contributed by atoms with E-state index >= 15 is 0 Å². The van der Waals surface area contributed by atoms with Crippen LogP contribution in [-0.2, 0) is 5.41 Å². The lowest BCUT2D eigenvalue weighted by Crippen LogP contribution is -2.29. The molecule has 0 bridgehead atoms. The molecule has 0 aliphatic rings. The zero-order valence-corrected chi connectivity index (χ0v) is 9.80. The first kappa shape index (κ1) is 11.6. The largest absolute Gasteiger partial charge is 0.361 e. The molecular weight excluding hydrogens is 182 g/mol. The van der Waals surface area contributed by atoms with E-state index in [-0.39, 0.29) is 5.41 Å². The van der Waals surface area contributed by atoms with E-state index in [1.165, 1.54) is 10.8 Å². The number of hydrogen-bond donors (Lipinski definition) is 1. The molecule has 0 aliphatic carbocycles. The molecule has 0 aliphatic heterocycles. The molecule has 0 saturated heterocycles. The Labute approximate surface area is 91.5 Å². The zero-order valence-electron chi connectivity index (χ0n) is 9.80. The van der Waals surface area contributed by atoms with Gasteiger partial charge < -0.3 is 4.98 Å². The average molecular weight is 201 g/mol. The van der Waals surface area contributed by atoms with Crippen molar-refractivity contribution < 1.29 is 0 Å². The van der Waals surface area contributed by atoms with Gasteiger partial charge in [0.05, 0.1) is 0 Å². The summed E-state index contributed by atoms with van der Waals surface area (Å²) < 4.78 is 0. The minimum Gasteiger partial charge on any atom is -0.361 e. The Morgan fingerprint density at radius 2 is 1.73 bits per heavy atom. The zero-order chi connectivity index (χ0) is 11.5. The van der Waals surface area contributed by atoms with Crippen LogP contribution in [0.4, 0.5) is 0 Å². The number of aromatic amines is 1. The minimum atomic E-state index is 0.138. The molecule has 1 N–H and O–H groups in total. The van der Waals surface area contributed by atoms with Gasteiger partial charge in [-0.3, -0.25) is 0 Å². The minimum absolute atomic E-state index is 0.138. The molecule has 0 fully saturated rings. The van der Waals surface area contributed by atoms with Gasteiger partial charge in [-0.25, -0.2) is 0 Å². The maximum Gasteiger partial charge on any atom is 0.0456 e. The molecule has 15 heavy (non-hydrogen) atoms. The molecule has 1 heteroatoms. The van der Waals surface area contributed by atoms with Gasteiger partial charge in [-0.2, -0.15) is 0 Å². The number of aromatic nitrogens is 1. The molecule has 0 atom stereocenters. The molecule has 80 valence electrons. The van der Waals surface area contributed by atoms with E-state index in [2.05, 4.69) is 45.1 Å². The van der Waals surface area contributed by atoms with Crippen molar-refractivity contribution in [1.82, 2.24) is 4.98 Å². The van der Waals surface area contributed by atoms with Gasteiger partial charge in [0.1, 0.15) is 0 Å². The highest BCUT2D eigenvalue weighted by Crippen LogP contribution is 2.16. The summed E-state index contributed by atoms with van der Waals surface area (Å²) in [5.41, 5.74) is 1.44. The van der Waals surface area contributed by atoms with E-state index in [0.29, 0.717) is 0 Å². The van der Waals surface area contributed by atoms with E-state index in [1.807, 2.05) is 18.2 Å². The summed E-state index contributed by atoms with van der Waals surface area (Å²) in [7, 11) is 0. The molecule has 1 aromatic rings. The van der Waals surface area contributed by atoms with Gasteiger partial charge in [0, 0.05) is 16.8 Å². The maximum atomic E-state index is 3.75. The lowest BCUT2D eigenvalue weighted by Gasteiger charge is -2.16. The predicted molar refractivity (Wildman–Crippen MR) is 68.1 cm³/mol. The van der Waals surface area contributed by atoms with Crippen molar-refractivity contribution in [3.63, 3.8) is 0 Å². The monoisotopic (exact) mass is 201 g/mol. The maximum absolute atomic E-state index is 3.75. The van der Waals surface area contributed by atoms with Crippen LogP contribution in [0.2, 0.25) is 0 Å². The first-order valence-electron chi connectivity index (χ1n) is 5.14. The van der Waals surface area contributed by atoms with Gasteiger partial charge in [-0.1, -0.05) is 52.2 Å². The highest BCUT2D eigenvalue weighted by Gasteiger charge is 2.15. The summed E-state index contributed by atoms with van der Waals surface area (Å²) in [5, 5.41) is 2.30. The first-order chi connectivity index (χ1) is 7.00. The van der Waals surface area contributed by atoms with Crippen molar-refractivity contribution in [2.24, 2.45) is 0 Å². The Morgan fingerprint density at radius 1 is 1.13 bits per heavy atom. The smallest absolute Gasteiger partial charge is 0.0456 e. The topological polar surface area (TPSA) is 15.8 Å². The van der Waals surface area contributed by atoms with Crippen molar-refractivity contribution in [1.29, 1.82) is 0 Å². The summed E-state index contributed by atoms with van der Waals surface area (Å²) in [6.07, 6.45) is 9.68. The normalized spacial score (nSPS) is 14.3. The van der Waals surface area contributed by atoms with Gasteiger partial charge in [-0.15, -0.1) is 0 Å². The van der Waals surface area contributed by atoms with Gasteiger partial charge in [0.15, 0.2) is 0 Å². The van der Waals surface area contributed by atoms with Crippen LogP contribution in [0.3, 0.4) is 0 Å². The Hall–Kier alpha value is -1.50. The van der Waals surface area contributed by atoms with Crippen LogP contribution < -0.4 is 10.6 Å². The summed E-state index contributed by atoms with van der Waals surface area (Å²) in [5.74, 6) is 0. The Kier molecular flexibility index (Phi) is 3.35. The van der Waals surface area contributed by atoms with E-state index in [0.717, 1.165) is 5.35 Å². The van der Waals surface area contributed by atoms with Crippen LogP contribution in [0.25, 0.3) is 12.2 Å². The molecule has 1 rings (SSSR count). The molecule has 1 heterocycles. The number of hydrogen-bond acceptors (Lipinski definition) is 0. The Morgan fingerprint density at radius 3 is 2.20 bits per heavy atom. The van der Waals surface area contributed by atoms with Crippen molar-refractivity contribution >= 4 is 12.2 Å². The summed E-state index contributed by atoms with van der Waals surface area (Å²) >= 11 is 0. The molecule has 1 nitrogen and oxygen atoms in total. The van der Waals surface area contributed by atoms with Crippen molar-refractivity contribution in [2.75, 3.05) is 0 Å². The van der Waals surface area contributed by atoms with Gasteiger partial charge in [0.25, 0.3) is 0 Å². The molecule has 0 unspecified atom stereocenters. The van der Waals surface area contributed by atoms with Crippen molar-refractivity contribution in [2.45, 2.75) is 26.2 Å². The van der Waals surface area contributed by atoms with Crippen LogP contribution in [-0.4, -0.2) is 4.98 Å². The fourth-order valence-electron chi connectivity index (χ4n) is 1.62. The Bertz CT molecular complexity index is 466. The van der Waals surface area contributed by atoms with E-state index < -0.39 is 0 Å². The molecule has 0 radical (unpaired) electrons. The summed E-state index contributed by atoms with van der Waals surface area (Å²) in [4.78, 5) is 3.26. The van der Waals surface area contributed by atoms with Crippen LogP contribution in [0, 0.1) is 0 Å². The van der Waals surface area contributed by atoms with E-state index in [1.54, 1.807) is 6.08 Å². The van der Waals surface area contributed by atoms with Gasteiger partial charge in [-0.05, 0) is 17.1 Å². The van der Waals surface area contributed by atoms with E-state index in [9.17, 15) is 0 Å². The van der Waals surface area contributed by atoms with Crippen molar-refractivity contribution in [3.05, 3.63) is 47.6 Å². The predicted octanol–water partition coefficient (Wildman–Crippen LogP) is 2.25. The fraction of sp³-hybridized carbons (Fsp3) is 0.286. The SMILES string of the molecule is C=C/C=c1/c(C(C)(C)C)c[nH]/c1=C/C=C. The van der Waals surface area contributed by atoms with Crippen molar-refractivity contribution in [3.8, 4) is 0 Å². The molecule has 0 amide bonds. The second kappa shape index (κ2) is 4.35. The average Bonchev–Trinajstić information content (AvgIpc) is 2.49. The third kappa shape index (κ3) is 2.50. The van der Waals surface area contributed by atoms with Crippen LogP contribution in [0.15, 0.2) is 31.5 Å². The second-order valence-corrected chi connectivity index (χ2v) is 4.58. The van der Waals surface area contributed by atoms with Gasteiger partial charge in [0.2, 0.25) is 0 Å². The quantitative estimate of drug-likeness (QED) is 0.755. The number of rotatable bonds is 2. The number of nitrogens with one attached hydrogen (secondary N) is 1. The third-order valence-electron chi connectivity index (χ3n) is 2.33. The highest BCUT2D eigenvalue weighted by molar-refractivity contribution is 5.44. The van der Waals surface area contributed by atoms with Crippen LogP contribution >= 0.6 is 0 Å². The third-order valence-corrected chi connectivity index (χ3v) is 2.33. The second-order valence-electron chi connectivity index (χ2n) is 4.58. The lowest BCUT2D eigenvalue weighted by atomic mass is 9.88. The molecule has 1 aromatic heterocycles. The van der Waals surface area contributed by atoms with Gasteiger partial charge >= 0.3 is 0 Å². The van der Waals surface area contributed by atoms with Crippen LogP contribution in [0.1, 0.15) is 26.3 Å².